The number of aliphatic hydroxyl groups is 2. The fourth-order valence-corrected chi connectivity index (χ4v) is 3.13. The summed E-state index contributed by atoms with van der Waals surface area (Å²) in [7, 11) is 0. The minimum Gasteiger partial charge on any atom is -0.480 e. The number of hydrogen-bond donors (Lipinski definition) is 7. The molecule has 1 aromatic rings. The summed E-state index contributed by atoms with van der Waals surface area (Å²) >= 11 is 0. The molecule has 0 fully saturated rings. The normalized spacial score (nSPS) is 17.3. The smallest absolute Gasteiger partial charge is 0.328 e. The molecule has 3 amide bonds. The van der Waals surface area contributed by atoms with Gasteiger partial charge in [-0.25, -0.2) is 4.79 Å². The predicted molar refractivity (Wildman–Crippen MR) is 124 cm³/mol. The van der Waals surface area contributed by atoms with Gasteiger partial charge in [-0.05, 0) is 25.3 Å². The number of carboxylic acid groups (broad SMARTS) is 1. The van der Waals surface area contributed by atoms with E-state index in [0.717, 1.165) is 0 Å². The van der Waals surface area contributed by atoms with Gasteiger partial charge in [0, 0.05) is 6.42 Å². The van der Waals surface area contributed by atoms with Crippen LogP contribution in [0.2, 0.25) is 0 Å². The van der Waals surface area contributed by atoms with Crippen molar-refractivity contribution in [2.45, 2.75) is 76.9 Å². The first-order valence-electron chi connectivity index (χ1n) is 11.2. The molecule has 34 heavy (non-hydrogen) atoms. The molecule has 0 bridgehead atoms. The lowest BCUT2D eigenvalue weighted by Gasteiger charge is -2.28. The van der Waals surface area contributed by atoms with Crippen LogP contribution in [-0.4, -0.2) is 75.4 Å². The van der Waals surface area contributed by atoms with Crippen LogP contribution in [-0.2, 0) is 25.6 Å². The van der Waals surface area contributed by atoms with Gasteiger partial charge in [0.25, 0.3) is 0 Å². The highest BCUT2D eigenvalue weighted by atomic mass is 16.4. The second kappa shape index (κ2) is 13.6. The molecule has 11 heteroatoms. The van der Waals surface area contributed by atoms with E-state index in [1.54, 1.807) is 37.3 Å². The Labute approximate surface area is 199 Å². The molecule has 0 heterocycles. The number of rotatable bonds is 13. The number of carbonyl (C=O) groups is 4. The van der Waals surface area contributed by atoms with Crippen molar-refractivity contribution in [2.75, 3.05) is 0 Å². The van der Waals surface area contributed by atoms with Crippen LogP contribution in [0.3, 0.4) is 0 Å². The summed E-state index contributed by atoms with van der Waals surface area (Å²) in [5.74, 6) is -3.96. The lowest BCUT2D eigenvalue weighted by Crippen LogP contribution is -2.60. The van der Waals surface area contributed by atoms with Crippen molar-refractivity contribution in [1.29, 1.82) is 0 Å². The van der Waals surface area contributed by atoms with Crippen molar-refractivity contribution < 1.29 is 34.5 Å². The number of hydrogen-bond acceptors (Lipinski definition) is 7. The Morgan fingerprint density at radius 3 is 1.88 bits per heavy atom. The van der Waals surface area contributed by atoms with Gasteiger partial charge in [0.05, 0.1) is 12.2 Å². The maximum atomic E-state index is 13.2. The molecule has 0 spiro atoms. The SMILES string of the molecule is CCC(C)C(NC(=O)C(N)C(C)O)C(=O)NC(Cc1ccccc1)C(=O)NC(C(=O)O)C(C)O. The van der Waals surface area contributed by atoms with Gasteiger partial charge in [-0.1, -0.05) is 50.6 Å². The summed E-state index contributed by atoms with van der Waals surface area (Å²) < 4.78 is 0. The molecule has 1 aromatic carbocycles. The molecule has 0 saturated carbocycles. The summed E-state index contributed by atoms with van der Waals surface area (Å²) in [5, 5.41) is 36.0. The summed E-state index contributed by atoms with van der Waals surface area (Å²) in [6.45, 7) is 6.13. The Morgan fingerprint density at radius 2 is 1.41 bits per heavy atom. The number of aliphatic hydroxyl groups excluding tert-OH is 2. The topological polar surface area (TPSA) is 191 Å². The van der Waals surface area contributed by atoms with E-state index in [1.807, 2.05) is 6.92 Å². The summed E-state index contributed by atoms with van der Waals surface area (Å²) in [5.41, 5.74) is 6.38. The van der Waals surface area contributed by atoms with Gasteiger partial charge in [-0.15, -0.1) is 0 Å². The molecule has 1 rings (SSSR count). The Kier molecular flexibility index (Phi) is 11.6. The quantitative estimate of drug-likeness (QED) is 0.185. The summed E-state index contributed by atoms with van der Waals surface area (Å²) in [4.78, 5) is 49.9. The molecular weight excluding hydrogens is 444 g/mol. The van der Waals surface area contributed by atoms with Gasteiger partial charge in [0.15, 0.2) is 6.04 Å². The fourth-order valence-electron chi connectivity index (χ4n) is 3.13. The lowest BCUT2D eigenvalue weighted by molar-refractivity contribution is -0.145. The molecule has 0 radical (unpaired) electrons. The van der Waals surface area contributed by atoms with Crippen LogP contribution in [0.15, 0.2) is 30.3 Å². The van der Waals surface area contributed by atoms with Crippen LogP contribution in [0.1, 0.15) is 39.7 Å². The number of nitrogens with one attached hydrogen (secondary N) is 3. The van der Waals surface area contributed by atoms with Crippen molar-refractivity contribution >= 4 is 23.7 Å². The molecular formula is C23H36N4O7. The van der Waals surface area contributed by atoms with E-state index in [4.69, 9.17) is 5.73 Å². The van der Waals surface area contributed by atoms with Gasteiger partial charge < -0.3 is 37.0 Å². The number of nitrogens with two attached hydrogens (primary N) is 1. The monoisotopic (exact) mass is 480 g/mol. The van der Waals surface area contributed by atoms with Gasteiger partial charge >= 0.3 is 5.97 Å². The molecule has 0 aliphatic heterocycles. The summed E-state index contributed by atoms with van der Waals surface area (Å²) in [6, 6.07) is 3.71. The van der Waals surface area contributed by atoms with Crippen LogP contribution in [0.25, 0.3) is 0 Å². The zero-order chi connectivity index (χ0) is 26.0. The van der Waals surface area contributed by atoms with Crippen LogP contribution >= 0.6 is 0 Å². The van der Waals surface area contributed by atoms with Gasteiger partial charge in [-0.3, -0.25) is 14.4 Å². The molecule has 0 saturated heterocycles. The lowest BCUT2D eigenvalue weighted by atomic mass is 9.96. The molecule has 190 valence electrons. The third-order valence-electron chi connectivity index (χ3n) is 5.58. The Balaban J connectivity index is 3.16. The Morgan fingerprint density at radius 1 is 0.853 bits per heavy atom. The van der Waals surface area contributed by atoms with Crippen molar-refractivity contribution in [3.8, 4) is 0 Å². The maximum absolute atomic E-state index is 13.2. The largest absolute Gasteiger partial charge is 0.480 e. The highest BCUT2D eigenvalue weighted by molar-refractivity contribution is 5.94. The zero-order valence-corrected chi connectivity index (χ0v) is 19.9. The van der Waals surface area contributed by atoms with Gasteiger partial charge in [-0.2, -0.15) is 0 Å². The van der Waals surface area contributed by atoms with E-state index in [1.165, 1.54) is 13.8 Å². The number of carboxylic acids is 1. The highest BCUT2D eigenvalue weighted by Crippen LogP contribution is 2.11. The van der Waals surface area contributed by atoms with E-state index in [0.29, 0.717) is 12.0 Å². The van der Waals surface area contributed by atoms with E-state index in [9.17, 15) is 34.5 Å². The maximum Gasteiger partial charge on any atom is 0.328 e. The number of carbonyl (C=O) groups excluding carboxylic acids is 3. The van der Waals surface area contributed by atoms with Crippen LogP contribution in [0.4, 0.5) is 0 Å². The molecule has 0 aliphatic rings. The first-order chi connectivity index (χ1) is 15.9. The van der Waals surface area contributed by atoms with Gasteiger partial charge in [0.2, 0.25) is 17.7 Å². The van der Waals surface area contributed by atoms with Gasteiger partial charge in [0.1, 0.15) is 18.1 Å². The Hall–Kier alpha value is -3.02. The van der Waals surface area contributed by atoms with Crippen molar-refractivity contribution in [3.63, 3.8) is 0 Å². The number of aliphatic carboxylic acids is 1. The highest BCUT2D eigenvalue weighted by Gasteiger charge is 2.34. The standard InChI is InChI=1S/C23H36N4O7/c1-5-12(2)18(26-21(31)17(24)13(3)28)22(32)25-16(11-15-9-7-6-8-10-15)20(30)27-19(14(4)29)23(33)34/h6-10,12-14,16-19,28-29H,5,11,24H2,1-4H3,(H,25,32)(H,26,31)(H,27,30)(H,33,34). The van der Waals surface area contributed by atoms with E-state index >= 15 is 0 Å². The Bertz CT molecular complexity index is 832. The predicted octanol–water partition coefficient (Wildman–Crippen LogP) is -1.10. The zero-order valence-electron chi connectivity index (χ0n) is 19.9. The van der Waals surface area contributed by atoms with E-state index in [2.05, 4.69) is 16.0 Å². The second-order valence-corrected chi connectivity index (χ2v) is 8.45. The molecule has 0 aromatic heterocycles. The average Bonchev–Trinajstić information content (AvgIpc) is 2.79. The van der Waals surface area contributed by atoms with E-state index < -0.39 is 60.1 Å². The van der Waals surface area contributed by atoms with Crippen molar-refractivity contribution in [3.05, 3.63) is 35.9 Å². The van der Waals surface area contributed by atoms with Crippen molar-refractivity contribution in [2.24, 2.45) is 11.7 Å². The fraction of sp³-hybridized carbons (Fsp3) is 0.565. The molecule has 7 atom stereocenters. The minimum atomic E-state index is -1.57. The third kappa shape index (κ3) is 8.73. The van der Waals surface area contributed by atoms with Crippen LogP contribution < -0.4 is 21.7 Å². The number of amides is 3. The second-order valence-electron chi connectivity index (χ2n) is 8.45. The van der Waals surface area contributed by atoms with E-state index in [-0.39, 0.29) is 12.3 Å². The summed E-state index contributed by atoms with van der Waals surface area (Å²) in [6.07, 6.45) is -1.95. The molecule has 8 N–H and O–H groups in total. The molecule has 0 aliphatic carbocycles. The van der Waals surface area contributed by atoms with Crippen LogP contribution in [0.5, 0.6) is 0 Å². The average molecular weight is 481 g/mol. The first-order valence-corrected chi connectivity index (χ1v) is 11.2. The number of benzene rings is 1. The third-order valence-corrected chi connectivity index (χ3v) is 5.58. The molecule has 7 unspecified atom stereocenters. The molecule has 11 nitrogen and oxygen atoms in total. The minimum absolute atomic E-state index is 0.0406. The van der Waals surface area contributed by atoms with Crippen LogP contribution in [0, 0.1) is 5.92 Å². The van der Waals surface area contributed by atoms with Crippen molar-refractivity contribution in [1.82, 2.24) is 16.0 Å². The first kappa shape index (κ1) is 29.0.